The number of rotatable bonds is 2. The van der Waals surface area contributed by atoms with Crippen LogP contribution in [-0.4, -0.2) is 14.2 Å². The van der Waals surface area contributed by atoms with Crippen molar-refractivity contribution in [3.8, 4) is 11.5 Å². The van der Waals surface area contributed by atoms with E-state index in [9.17, 15) is 0 Å². The van der Waals surface area contributed by atoms with E-state index in [1.807, 2.05) is 0 Å². The minimum absolute atomic E-state index is 0.175. The normalized spacial score (nSPS) is 11.2. The molecule has 0 aliphatic heterocycles. The quantitative estimate of drug-likeness (QED) is 0.544. The van der Waals surface area contributed by atoms with Crippen LogP contribution in [0.25, 0.3) is 12.0 Å². The van der Waals surface area contributed by atoms with Crippen LogP contribution < -0.4 is 37.1 Å². The lowest BCUT2D eigenvalue weighted by Gasteiger charge is -2.06. The van der Waals surface area contributed by atoms with Gasteiger partial charge in [0.15, 0.2) is 0 Å². The van der Waals surface area contributed by atoms with Gasteiger partial charge < -0.3 is 26.7 Å². The Morgan fingerprint density at radius 1 is 1.13 bits per heavy atom. The first-order chi connectivity index (χ1) is 7.13. The van der Waals surface area contributed by atoms with Gasteiger partial charge in [0, 0.05) is 11.4 Å². The van der Waals surface area contributed by atoms with Crippen LogP contribution in [0.2, 0.25) is 0 Å². The van der Waals surface area contributed by atoms with Gasteiger partial charge in [-0.05, 0) is 12.1 Å². The largest absolute Gasteiger partial charge is 0.496 e. The molecule has 0 bridgehead atoms. The van der Waals surface area contributed by atoms with Gasteiger partial charge in [0.25, 0.3) is 0 Å². The lowest BCUT2D eigenvalue weighted by atomic mass is 10.2. The van der Waals surface area contributed by atoms with Gasteiger partial charge in [0.2, 0.25) is 0 Å². The predicted octanol–water partition coefficient (Wildman–Crippen LogP) is -1.62. The number of benzene rings is 1. The minimum atomic E-state index is 0.175. The highest BCUT2D eigenvalue weighted by Crippen LogP contribution is 2.05. The highest BCUT2D eigenvalue weighted by molar-refractivity contribution is 5.47. The molecule has 1 rings (SSSR count). The zero-order valence-electron chi connectivity index (χ0n) is 8.78. The standard InChI is InChI=1S/C10H15N3O2/c1-14-8-4-7(10(12)13)9(15-2)3-6(8)5-11/h3-5H,11-13H2,1-2H3/b6-5+. The first-order valence-electron chi connectivity index (χ1n) is 4.33. The molecule has 82 valence electrons. The maximum absolute atomic E-state index is 5.52. The molecule has 1 aromatic rings. The molecule has 0 aliphatic carbocycles. The van der Waals surface area contributed by atoms with E-state index in [1.54, 1.807) is 19.2 Å². The van der Waals surface area contributed by atoms with Gasteiger partial charge in [-0.15, -0.1) is 0 Å². The van der Waals surface area contributed by atoms with Crippen molar-refractivity contribution < 1.29 is 9.47 Å². The van der Waals surface area contributed by atoms with Gasteiger partial charge in [-0.3, -0.25) is 0 Å². The van der Waals surface area contributed by atoms with Crippen molar-refractivity contribution in [3.63, 3.8) is 0 Å². The van der Waals surface area contributed by atoms with Crippen molar-refractivity contribution in [3.05, 3.63) is 22.6 Å². The zero-order valence-corrected chi connectivity index (χ0v) is 8.78. The molecule has 0 saturated carbocycles. The summed E-state index contributed by atoms with van der Waals surface area (Å²) in [5.41, 5.74) is 16.5. The van der Waals surface area contributed by atoms with Gasteiger partial charge in [-0.25, -0.2) is 0 Å². The first kappa shape index (κ1) is 11.0. The summed E-state index contributed by atoms with van der Waals surface area (Å²) in [6, 6.07) is 3.40. The second kappa shape index (κ2) is 4.45. The molecule has 0 radical (unpaired) electrons. The van der Waals surface area contributed by atoms with E-state index in [-0.39, 0.29) is 5.82 Å². The summed E-state index contributed by atoms with van der Waals surface area (Å²) in [4.78, 5) is 0. The topological polar surface area (TPSA) is 96.5 Å². The number of hydrogen-bond donors (Lipinski definition) is 3. The molecule has 5 nitrogen and oxygen atoms in total. The van der Waals surface area contributed by atoms with E-state index < -0.39 is 0 Å². The second-order valence-electron chi connectivity index (χ2n) is 2.92. The molecule has 0 fully saturated rings. The van der Waals surface area contributed by atoms with Crippen LogP contribution in [0.15, 0.2) is 12.1 Å². The summed E-state index contributed by atoms with van der Waals surface area (Å²) in [6.07, 6.45) is 1.43. The van der Waals surface area contributed by atoms with Gasteiger partial charge in [-0.2, -0.15) is 0 Å². The average molecular weight is 209 g/mol. The maximum atomic E-state index is 5.52. The van der Waals surface area contributed by atoms with Gasteiger partial charge >= 0.3 is 0 Å². The molecule has 5 heteroatoms. The summed E-state index contributed by atoms with van der Waals surface area (Å²) in [7, 11) is 3.08. The molecule has 1 aromatic carbocycles. The van der Waals surface area contributed by atoms with Crippen LogP contribution in [0.3, 0.4) is 0 Å². The van der Waals surface area contributed by atoms with Crippen LogP contribution >= 0.6 is 0 Å². The molecular formula is C10H15N3O2. The molecule has 0 atom stereocenters. The van der Waals surface area contributed by atoms with Crippen molar-refractivity contribution in [1.82, 2.24) is 0 Å². The van der Waals surface area contributed by atoms with Crippen molar-refractivity contribution in [2.75, 3.05) is 14.2 Å². The van der Waals surface area contributed by atoms with E-state index >= 15 is 0 Å². The van der Waals surface area contributed by atoms with Crippen LogP contribution in [0, 0.1) is 0 Å². The lowest BCUT2D eigenvalue weighted by molar-refractivity contribution is 0.397. The second-order valence-corrected chi connectivity index (χ2v) is 2.92. The Bertz CT molecular complexity index is 464. The van der Waals surface area contributed by atoms with Gasteiger partial charge in [-0.1, -0.05) is 0 Å². The molecule has 0 spiro atoms. The predicted molar refractivity (Wildman–Crippen MR) is 59.2 cm³/mol. The Labute approximate surface area is 87.8 Å². The van der Waals surface area contributed by atoms with E-state index in [1.165, 1.54) is 13.3 Å². The third kappa shape index (κ3) is 2.07. The molecule has 0 heterocycles. The van der Waals surface area contributed by atoms with E-state index in [2.05, 4.69) is 0 Å². The number of nitrogens with two attached hydrogens (primary N) is 3. The van der Waals surface area contributed by atoms with E-state index in [0.717, 1.165) is 5.22 Å². The van der Waals surface area contributed by atoms with Crippen LogP contribution in [0.4, 0.5) is 0 Å². The molecule has 15 heavy (non-hydrogen) atoms. The monoisotopic (exact) mass is 209 g/mol. The Hall–Kier alpha value is -2.04. The fraction of sp³-hybridized carbons (Fsp3) is 0.200. The fourth-order valence-corrected chi connectivity index (χ4v) is 1.28. The van der Waals surface area contributed by atoms with Crippen molar-refractivity contribution >= 4 is 12.0 Å². The molecule has 0 saturated heterocycles. The number of hydrogen-bond acceptors (Lipinski definition) is 5. The SMILES string of the molecule is COc1c/c(=C\N)c(OC)cc1=C(N)N. The molecule has 6 N–H and O–H groups in total. The summed E-state index contributed by atoms with van der Waals surface area (Å²) in [5, 5.41) is 1.32. The van der Waals surface area contributed by atoms with E-state index in [0.29, 0.717) is 16.7 Å². The minimum Gasteiger partial charge on any atom is -0.496 e. The highest BCUT2D eigenvalue weighted by Gasteiger charge is 2.02. The molecule has 0 aromatic heterocycles. The van der Waals surface area contributed by atoms with Crippen molar-refractivity contribution in [2.24, 2.45) is 17.2 Å². The third-order valence-electron chi connectivity index (χ3n) is 2.04. The first-order valence-corrected chi connectivity index (χ1v) is 4.33. The fourth-order valence-electron chi connectivity index (χ4n) is 1.28. The van der Waals surface area contributed by atoms with Crippen LogP contribution in [0.5, 0.6) is 11.5 Å². The Morgan fingerprint density at radius 3 is 2.13 bits per heavy atom. The summed E-state index contributed by atoms with van der Waals surface area (Å²) in [6.45, 7) is 0. The Morgan fingerprint density at radius 2 is 1.73 bits per heavy atom. The summed E-state index contributed by atoms with van der Waals surface area (Å²) < 4.78 is 10.3. The lowest BCUT2D eigenvalue weighted by Crippen LogP contribution is -2.24. The number of ether oxygens (including phenoxy) is 2. The van der Waals surface area contributed by atoms with Crippen molar-refractivity contribution in [1.29, 1.82) is 0 Å². The summed E-state index contributed by atoms with van der Waals surface area (Å²) in [5.74, 6) is 1.34. The smallest absolute Gasteiger partial charge is 0.130 e. The zero-order chi connectivity index (χ0) is 11.4. The molecule has 0 amide bonds. The maximum Gasteiger partial charge on any atom is 0.130 e. The van der Waals surface area contributed by atoms with Gasteiger partial charge in [0.05, 0.1) is 19.4 Å². The Kier molecular flexibility index (Phi) is 3.28. The highest BCUT2D eigenvalue weighted by atomic mass is 16.5. The van der Waals surface area contributed by atoms with E-state index in [4.69, 9.17) is 26.7 Å². The molecular weight excluding hydrogens is 194 g/mol. The van der Waals surface area contributed by atoms with Crippen molar-refractivity contribution in [2.45, 2.75) is 0 Å². The Balaban J connectivity index is 3.65. The molecule has 0 unspecified atom stereocenters. The van der Waals surface area contributed by atoms with Crippen LogP contribution in [0.1, 0.15) is 0 Å². The van der Waals surface area contributed by atoms with Gasteiger partial charge in [0.1, 0.15) is 17.3 Å². The molecule has 0 aliphatic rings. The third-order valence-corrected chi connectivity index (χ3v) is 2.04. The van der Waals surface area contributed by atoms with Crippen LogP contribution in [-0.2, 0) is 0 Å². The number of methoxy groups -OCH3 is 2. The average Bonchev–Trinajstić information content (AvgIpc) is 2.26. The summed E-state index contributed by atoms with van der Waals surface area (Å²) >= 11 is 0.